The molecule has 1 aromatic heterocycles. The van der Waals surface area contributed by atoms with Gasteiger partial charge in [0, 0.05) is 10.9 Å². The van der Waals surface area contributed by atoms with Crippen LogP contribution in [0.3, 0.4) is 0 Å². The molecule has 0 fully saturated rings. The van der Waals surface area contributed by atoms with Crippen molar-refractivity contribution < 1.29 is 4.42 Å². The van der Waals surface area contributed by atoms with Crippen molar-refractivity contribution in [3.63, 3.8) is 0 Å². The molecule has 0 bridgehead atoms. The second-order valence-electron chi connectivity index (χ2n) is 5.01. The summed E-state index contributed by atoms with van der Waals surface area (Å²) in [6.45, 7) is 0. The van der Waals surface area contributed by atoms with Crippen LogP contribution < -0.4 is 0 Å². The molecular weight excluding hydrogens is 244 g/mol. The molecule has 3 aromatic rings. The first-order chi connectivity index (χ1) is 9.92. The van der Waals surface area contributed by atoms with Gasteiger partial charge < -0.3 is 4.42 Å². The smallest absolute Gasteiger partial charge is 0.135 e. The van der Waals surface area contributed by atoms with Crippen LogP contribution in [0.5, 0.6) is 0 Å². The Kier molecular flexibility index (Phi) is 2.56. The first-order valence-corrected chi connectivity index (χ1v) is 6.86. The van der Waals surface area contributed by atoms with Crippen molar-refractivity contribution in [1.29, 1.82) is 0 Å². The van der Waals surface area contributed by atoms with E-state index in [-0.39, 0.29) is 0 Å². The van der Waals surface area contributed by atoms with Crippen molar-refractivity contribution in [2.45, 2.75) is 6.42 Å². The van der Waals surface area contributed by atoms with Crippen molar-refractivity contribution in [2.75, 3.05) is 0 Å². The summed E-state index contributed by atoms with van der Waals surface area (Å²) < 4.78 is 6.01. The van der Waals surface area contributed by atoms with Crippen LogP contribution in [0.25, 0.3) is 28.2 Å². The fourth-order valence-electron chi connectivity index (χ4n) is 2.73. The third-order valence-electron chi connectivity index (χ3n) is 3.75. The summed E-state index contributed by atoms with van der Waals surface area (Å²) in [7, 11) is 0. The highest BCUT2D eigenvalue weighted by Gasteiger charge is 2.12. The van der Waals surface area contributed by atoms with Gasteiger partial charge in [-0.05, 0) is 29.7 Å². The maximum Gasteiger partial charge on any atom is 0.135 e. The minimum atomic E-state index is 0.931. The lowest BCUT2D eigenvalue weighted by Crippen LogP contribution is -1.81. The van der Waals surface area contributed by atoms with Crippen molar-refractivity contribution in [3.05, 3.63) is 78.1 Å². The highest BCUT2D eigenvalue weighted by atomic mass is 16.3. The molecular formula is C19H14O. The van der Waals surface area contributed by atoms with Crippen LogP contribution in [0, 0.1) is 0 Å². The van der Waals surface area contributed by atoms with Crippen LogP contribution in [-0.4, -0.2) is 0 Å². The number of allylic oxidation sites excluding steroid dienone is 3. The topological polar surface area (TPSA) is 13.1 Å². The number of fused-ring (bicyclic) bond motifs is 3. The molecule has 20 heavy (non-hydrogen) atoms. The van der Waals surface area contributed by atoms with Gasteiger partial charge in [-0.25, -0.2) is 0 Å². The van der Waals surface area contributed by atoms with E-state index in [0.29, 0.717) is 0 Å². The van der Waals surface area contributed by atoms with E-state index in [1.165, 1.54) is 22.1 Å². The Hall–Kier alpha value is -2.54. The molecule has 0 atom stereocenters. The van der Waals surface area contributed by atoms with E-state index in [9.17, 15) is 0 Å². The maximum absolute atomic E-state index is 6.01. The summed E-state index contributed by atoms with van der Waals surface area (Å²) >= 11 is 0. The second kappa shape index (κ2) is 4.53. The van der Waals surface area contributed by atoms with Crippen molar-refractivity contribution in [2.24, 2.45) is 0 Å². The summed E-state index contributed by atoms with van der Waals surface area (Å²) in [6.07, 6.45) is 9.25. The Morgan fingerprint density at radius 2 is 1.75 bits per heavy atom. The zero-order valence-electron chi connectivity index (χ0n) is 11.0. The lowest BCUT2D eigenvalue weighted by Gasteiger charge is -2.01. The van der Waals surface area contributed by atoms with Crippen molar-refractivity contribution in [1.82, 2.24) is 0 Å². The molecule has 0 saturated heterocycles. The van der Waals surface area contributed by atoms with E-state index in [1.807, 2.05) is 18.2 Å². The number of hydrogen-bond donors (Lipinski definition) is 0. The van der Waals surface area contributed by atoms with Gasteiger partial charge in [-0.2, -0.15) is 0 Å². The van der Waals surface area contributed by atoms with Gasteiger partial charge in [-0.3, -0.25) is 0 Å². The number of furan rings is 1. The maximum atomic E-state index is 6.01. The second-order valence-corrected chi connectivity index (χ2v) is 5.01. The molecule has 4 rings (SSSR count). The summed E-state index contributed by atoms with van der Waals surface area (Å²) in [5.74, 6) is 0.982. The third-order valence-corrected chi connectivity index (χ3v) is 3.75. The molecule has 1 aliphatic rings. The van der Waals surface area contributed by atoms with E-state index in [4.69, 9.17) is 4.42 Å². The van der Waals surface area contributed by atoms with Gasteiger partial charge in [0.25, 0.3) is 0 Å². The average molecular weight is 258 g/mol. The fraction of sp³-hybridized carbons (Fsp3) is 0.0526. The molecule has 0 radical (unpaired) electrons. The largest absolute Gasteiger partial charge is 0.456 e. The molecule has 0 N–H and O–H groups in total. The van der Waals surface area contributed by atoms with Gasteiger partial charge in [0.15, 0.2) is 0 Å². The lowest BCUT2D eigenvalue weighted by molar-refractivity contribution is 0.600. The number of rotatable bonds is 1. The minimum Gasteiger partial charge on any atom is -0.456 e. The van der Waals surface area contributed by atoms with Crippen LogP contribution in [0.2, 0.25) is 0 Å². The van der Waals surface area contributed by atoms with Gasteiger partial charge in [0.1, 0.15) is 11.3 Å². The standard InChI is InChI=1S/C19H14O/c1-3-7-14(8-4-1)15-11-12-17-16-9-5-2-6-10-18(16)20-19(17)13-15/h1-8,10-13H,9H2. The molecule has 0 amide bonds. The van der Waals surface area contributed by atoms with Crippen LogP contribution in [0.1, 0.15) is 11.3 Å². The molecule has 1 heteroatoms. The zero-order chi connectivity index (χ0) is 13.4. The molecule has 0 saturated carbocycles. The van der Waals surface area contributed by atoms with E-state index in [1.54, 1.807) is 0 Å². The summed E-state index contributed by atoms with van der Waals surface area (Å²) in [5, 5.41) is 1.22. The molecule has 2 aromatic carbocycles. The molecule has 0 unspecified atom stereocenters. The van der Waals surface area contributed by atoms with Gasteiger partial charge in [-0.1, -0.05) is 60.7 Å². The minimum absolute atomic E-state index is 0.931. The van der Waals surface area contributed by atoms with Crippen LogP contribution in [-0.2, 0) is 6.42 Å². The highest BCUT2D eigenvalue weighted by molar-refractivity contribution is 5.89. The fourth-order valence-corrected chi connectivity index (χ4v) is 2.73. The van der Waals surface area contributed by atoms with Crippen molar-refractivity contribution >= 4 is 17.0 Å². The van der Waals surface area contributed by atoms with E-state index >= 15 is 0 Å². The first-order valence-electron chi connectivity index (χ1n) is 6.86. The summed E-state index contributed by atoms with van der Waals surface area (Å²) in [5.41, 5.74) is 4.67. The zero-order valence-corrected chi connectivity index (χ0v) is 11.0. The number of benzene rings is 2. The predicted octanol–water partition coefficient (Wildman–Crippen LogP) is 5.23. The predicted molar refractivity (Wildman–Crippen MR) is 83.5 cm³/mol. The van der Waals surface area contributed by atoms with Crippen LogP contribution in [0.4, 0.5) is 0 Å². The van der Waals surface area contributed by atoms with E-state index < -0.39 is 0 Å². The van der Waals surface area contributed by atoms with Crippen molar-refractivity contribution in [3.8, 4) is 11.1 Å². The molecule has 0 aliphatic heterocycles. The quantitative estimate of drug-likeness (QED) is 0.583. The van der Waals surface area contributed by atoms with Gasteiger partial charge in [0.2, 0.25) is 0 Å². The Bertz CT molecular complexity index is 820. The Morgan fingerprint density at radius 1 is 0.850 bits per heavy atom. The summed E-state index contributed by atoms with van der Waals surface area (Å²) in [4.78, 5) is 0. The molecule has 0 spiro atoms. The monoisotopic (exact) mass is 258 g/mol. The molecule has 1 heterocycles. The van der Waals surface area contributed by atoms with Crippen LogP contribution in [0.15, 0.2) is 71.2 Å². The molecule has 1 nitrogen and oxygen atoms in total. The number of hydrogen-bond acceptors (Lipinski definition) is 1. The Balaban J connectivity index is 1.90. The van der Waals surface area contributed by atoms with Gasteiger partial charge >= 0.3 is 0 Å². The highest BCUT2D eigenvalue weighted by Crippen LogP contribution is 2.32. The lowest BCUT2D eigenvalue weighted by atomic mass is 10.0. The molecule has 1 aliphatic carbocycles. The summed E-state index contributed by atoms with van der Waals surface area (Å²) in [6, 6.07) is 16.9. The van der Waals surface area contributed by atoms with Crippen LogP contribution >= 0.6 is 0 Å². The SMILES string of the molecule is C1=CCc2c(oc3cc(-c4ccccc4)ccc23)C=C1. The average Bonchev–Trinajstić information content (AvgIpc) is 2.68. The normalized spacial score (nSPS) is 13.4. The van der Waals surface area contributed by atoms with Gasteiger partial charge in [0.05, 0.1) is 0 Å². The Morgan fingerprint density at radius 3 is 2.65 bits per heavy atom. The Labute approximate surface area is 117 Å². The third kappa shape index (κ3) is 1.79. The van der Waals surface area contributed by atoms with Gasteiger partial charge in [-0.15, -0.1) is 0 Å². The van der Waals surface area contributed by atoms with E-state index in [2.05, 4.69) is 54.6 Å². The first kappa shape index (κ1) is 11.3. The van der Waals surface area contributed by atoms with E-state index in [0.717, 1.165) is 17.8 Å². The molecule has 96 valence electrons.